The Morgan fingerprint density at radius 3 is 1.75 bits per heavy atom. The Bertz CT molecular complexity index is 3850. The highest BCUT2D eigenvalue weighted by molar-refractivity contribution is 7.26. The van der Waals surface area contributed by atoms with Crippen LogP contribution >= 0.6 is 11.3 Å². The number of para-hydroxylation sites is 2. The van der Waals surface area contributed by atoms with Gasteiger partial charge in [-0.1, -0.05) is 146 Å². The summed E-state index contributed by atoms with van der Waals surface area (Å²) in [6, 6.07) is 72.7. The van der Waals surface area contributed by atoms with E-state index in [1.807, 2.05) is 42.5 Å². The van der Waals surface area contributed by atoms with E-state index in [1.165, 1.54) is 15.5 Å². The topological polar surface area (TPSA) is 56.7 Å². The van der Waals surface area contributed by atoms with Gasteiger partial charge < -0.3 is 8.98 Å². The Kier molecular flexibility index (Phi) is 8.01. The zero-order valence-electron chi connectivity index (χ0n) is 33.7. The fourth-order valence-corrected chi connectivity index (χ4v) is 10.5. The molecule has 0 fully saturated rings. The van der Waals surface area contributed by atoms with Gasteiger partial charge in [-0.05, 0) is 82.9 Å². The molecule has 0 amide bonds. The van der Waals surface area contributed by atoms with Gasteiger partial charge in [0.2, 0.25) is 0 Å². The minimum Gasteiger partial charge on any atom is -0.455 e. The molecular weight excluding hydrogens is 789 g/mol. The molecule has 0 saturated heterocycles. The first-order chi connectivity index (χ1) is 31.2. The normalized spacial score (nSPS) is 11.8. The summed E-state index contributed by atoms with van der Waals surface area (Å²) in [6.07, 6.45) is 0. The van der Waals surface area contributed by atoms with Gasteiger partial charge >= 0.3 is 0 Å². The highest BCUT2D eigenvalue weighted by atomic mass is 32.1. The van der Waals surface area contributed by atoms with Crippen molar-refractivity contribution in [1.82, 2.24) is 19.5 Å². The van der Waals surface area contributed by atoms with Crippen LogP contribution in [0.5, 0.6) is 0 Å². The molecule has 13 rings (SSSR count). The van der Waals surface area contributed by atoms with Gasteiger partial charge in [0, 0.05) is 58.7 Å². The molecule has 0 saturated carbocycles. The maximum Gasteiger partial charge on any atom is 0.165 e. The number of fused-ring (bicyclic) bond motifs is 10. The molecule has 13 aromatic rings. The van der Waals surface area contributed by atoms with Crippen LogP contribution in [0.25, 0.3) is 126 Å². The summed E-state index contributed by atoms with van der Waals surface area (Å²) in [7, 11) is 0. The molecule has 9 aromatic carbocycles. The number of aromatic nitrogens is 4. The lowest BCUT2D eigenvalue weighted by Gasteiger charge is -2.12. The lowest BCUT2D eigenvalue weighted by atomic mass is 9.95. The Morgan fingerprint density at radius 2 is 0.984 bits per heavy atom. The maximum atomic E-state index is 6.63. The van der Waals surface area contributed by atoms with E-state index in [0.29, 0.717) is 17.5 Å². The molecule has 0 N–H and O–H groups in total. The zero-order chi connectivity index (χ0) is 41.4. The molecule has 4 heterocycles. The van der Waals surface area contributed by atoms with Gasteiger partial charge in [0.25, 0.3) is 0 Å². The van der Waals surface area contributed by atoms with Crippen LogP contribution in [0.1, 0.15) is 0 Å². The predicted octanol–water partition coefficient (Wildman–Crippen LogP) is 15.6. The minimum absolute atomic E-state index is 0.644. The third kappa shape index (κ3) is 5.80. The van der Waals surface area contributed by atoms with E-state index >= 15 is 0 Å². The lowest BCUT2D eigenvalue weighted by molar-refractivity contribution is 0.673. The molecule has 6 heteroatoms. The van der Waals surface area contributed by atoms with Crippen molar-refractivity contribution in [2.45, 2.75) is 0 Å². The summed E-state index contributed by atoms with van der Waals surface area (Å²) >= 11 is 1.78. The van der Waals surface area contributed by atoms with Gasteiger partial charge in [-0.25, -0.2) is 15.0 Å². The second-order valence-electron chi connectivity index (χ2n) is 16.0. The van der Waals surface area contributed by atoms with Crippen molar-refractivity contribution >= 4 is 75.3 Å². The molecule has 294 valence electrons. The van der Waals surface area contributed by atoms with Gasteiger partial charge in [-0.3, -0.25) is 0 Å². The van der Waals surface area contributed by atoms with Crippen LogP contribution in [-0.2, 0) is 0 Å². The fourth-order valence-electron chi connectivity index (χ4n) is 9.28. The summed E-state index contributed by atoms with van der Waals surface area (Å²) in [5, 5.41) is 6.93. The number of hydrogen-bond donors (Lipinski definition) is 0. The fraction of sp³-hybridized carbons (Fsp3) is 0. The van der Waals surface area contributed by atoms with Gasteiger partial charge in [-0.15, -0.1) is 11.3 Å². The summed E-state index contributed by atoms with van der Waals surface area (Å²) in [6.45, 7) is 0. The van der Waals surface area contributed by atoms with Crippen molar-refractivity contribution in [3.63, 3.8) is 0 Å². The second kappa shape index (κ2) is 14.2. The van der Waals surface area contributed by atoms with E-state index in [2.05, 4.69) is 168 Å². The average molecular weight is 823 g/mol. The van der Waals surface area contributed by atoms with Crippen molar-refractivity contribution in [2.24, 2.45) is 0 Å². The smallest absolute Gasteiger partial charge is 0.165 e. The minimum atomic E-state index is 0.644. The predicted molar refractivity (Wildman–Crippen MR) is 262 cm³/mol. The first-order valence-corrected chi connectivity index (χ1v) is 21.9. The van der Waals surface area contributed by atoms with Crippen molar-refractivity contribution < 1.29 is 4.42 Å². The van der Waals surface area contributed by atoms with Crippen LogP contribution in [0.4, 0.5) is 0 Å². The maximum absolute atomic E-state index is 6.63. The molecule has 5 nitrogen and oxygen atoms in total. The van der Waals surface area contributed by atoms with Crippen LogP contribution < -0.4 is 0 Å². The third-order valence-corrected chi connectivity index (χ3v) is 13.5. The molecule has 0 spiro atoms. The van der Waals surface area contributed by atoms with Gasteiger partial charge in [0.05, 0.1) is 16.4 Å². The van der Waals surface area contributed by atoms with E-state index in [0.717, 1.165) is 93.1 Å². The first-order valence-electron chi connectivity index (χ1n) is 21.1. The number of nitrogens with zero attached hydrogens (tertiary/aromatic N) is 4. The summed E-state index contributed by atoms with van der Waals surface area (Å²) in [4.78, 5) is 15.4. The van der Waals surface area contributed by atoms with Crippen LogP contribution in [0.3, 0.4) is 0 Å². The van der Waals surface area contributed by atoms with Crippen molar-refractivity contribution in [3.05, 3.63) is 206 Å². The van der Waals surface area contributed by atoms with Gasteiger partial charge in [-0.2, -0.15) is 0 Å². The third-order valence-electron chi connectivity index (χ3n) is 12.2. The highest BCUT2D eigenvalue weighted by Gasteiger charge is 2.21. The average Bonchev–Trinajstić information content (AvgIpc) is 4.04. The summed E-state index contributed by atoms with van der Waals surface area (Å²) < 4.78 is 11.4. The molecule has 4 aromatic heterocycles. The monoisotopic (exact) mass is 822 g/mol. The van der Waals surface area contributed by atoms with E-state index < -0.39 is 0 Å². The number of thiophene rings is 1. The molecule has 0 radical (unpaired) electrons. The second-order valence-corrected chi connectivity index (χ2v) is 17.0. The van der Waals surface area contributed by atoms with Crippen LogP contribution in [0.2, 0.25) is 0 Å². The molecular formula is C57H34N4OS. The van der Waals surface area contributed by atoms with E-state index in [4.69, 9.17) is 19.4 Å². The molecule has 0 atom stereocenters. The van der Waals surface area contributed by atoms with Crippen molar-refractivity contribution in [2.75, 3.05) is 0 Å². The summed E-state index contributed by atoms with van der Waals surface area (Å²) in [5.41, 5.74) is 12.5. The van der Waals surface area contributed by atoms with Gasteiger partial charge in [0.15, 0.2) is 17.5 Å². The summed E-state index contributed by atoms with van der Waals surface area (Å²) in [5.74, 6) is 1.94. The molecule has 0 unspecified atom stereocenters. The SMILES string of the molecule is c1ccc(-c2nc(-c3ccccc3)nc(-c3cc(-c4cccc(-c5ccc6c7c8oc9ccccc9c8ccc7n(-c7ccccc7)c6c5)c4)cc4c3sc3ccccc34)n2)cc1. The first kappa shape index (κ1) is 35.6. The Balaban J connectivity index is 1.01. The largest absolute Gasteiger partial charge is 0.455 e. The molecule has 0 aliphatic heterocycles. The molecule has 0 aliphatic carbocycles. The zero-order valence-corrected chi connectivity index (χ0v) is 34.6. The number of benzene rings is 9. The number of furan rings is 1. The van der Waals surface area contributed by atoms with Crippen LogP contribution in [0, 0.1) is 0 Å². The van der Waals surface area contributed by atoms with Crippen LogP contribution in [0.15, 0.2) is 211 Å². The van der Waals surface area contributed by atoms with Crippen molar-refractivity contribution in [3.8, 4) is 62.1 Å². The van der Waals surface area contributed by atoms with E-state index in [9.17, 15) is 0 Å². The highest BCUT2D eigenvalue weighted by Crippen LogP contribution is 2.45. The van der Waals surface area contributed by atoms with Gasteiger partial charge in [0.1, 0.15) is 11.2 Å². The standard InChI is InChI=1S/C57H34N4OS/c1-4-15-35(16-5-1)55-58-56(36-17-6-2-7-18-36)60-57(59-55)47-33-40(32-46-43-24-11-13-26-51(43)63-54(46)47)38-20-14-19-37(31-38)39-27-28-45-49(34-39)61(41-21-8-3-9-22-41)48-30-29-44-42-23-10-12-25-50(42)62-53(44)52(45)48/h1-34H. The Morgan fingerprint density at radius 1 is 0.381 bits per heavy atom. The Hall–Kier alpha value is -8.19. The molecule has 0 aliphatic rings. The van der Waals surface area contributed by atoms with Crippen LogP contribution in [-0.4, -0.2) is 19.5 Å². The van der Waals surface area contributed by atoms with Crippen molar-refractivity contribution in [1.29, 1.82) is 0 Å². The lowest BCUT2D eigenvalue weighted by Crippen LogP contribution is -2.00. The molecule has 63 heavy (non-hydrogen) atoms. The van der Waals surface area contributed by atoms with E-state index in [1.54, 1.807) is 11.3 Å². The van der Waals surface area contributed by atoms with E-state index in [-0.39, 0.29) is 0 Å². The number of hydrogen-bond acceptors (Lipinski definition) is 5. The Labute approximate surface area is 365 Å². The quantitative estimate of drug-likeness (QED) is 0.168. The molecule has 0 bridgehead atoms. The number of rotatable bonds is 6.